The Morgan fingerprint density at radius 2 is 1.78 bits per heavy atom. The molecule has 0 aromatic heterocycles. The van der Waals surface area contributed by atoms with E-state index in [1.165, 1.54) is 11.0 Å². The lowest BCUT2D eigenvalue weighted by Gasteiger charge is -2.36. The van der Waals surface area contributed by atoms with Crippen molar-refractivity contribution in [3.63, 3.8) is 0 Å². The molecule has 2 N–H and O–H groups in total. The third-order valence-electron chi connectivity index (χ3n) is 5.04. The van der Waals surface area contributed by atoms with Gasteiger partial charge in [-0.25, -0.2) is 8.78 Å². The Kier molecular flexibility index (Phi) is 5.91. The van der Waals surface area contributed by atoms with Crippen molar-refractivity contribution < 1.29 is 23.2 Å². The van der Waals surface area contributed by atoms with Gasteiger partial charge in [-0.3, -0.25) is 4.79 Å². The average molecular weight is 376 g/mol. The molecule has 144 valence electrons. The summed E-state index contributed by atoms with van der Waals surface area (Å²) in [6.07, 6.45) is 0. The van der Waals surface area contributed by atoms with Gasteiger partial charge in [0.1, 0.15) is 5.75 Å². The number of ether oxygens (including phenoxy) is 1. The molecule has 5 nitrogen and oxygen atoms in total. The van der Waals surface area contributed by atoms with Crippen LogP contribution in [0.15, 0.2) is 42.5 Å². The first-order valence-electron chi connectivity index (χ1n) is 8.97. The zero-order valence-corrected chi connectivity index (χ0v) is 15.5. The van der Waals surface area contributed by atoms with Crippen molar-refractivity contribution in [3.05, 3.63) is 54.1 Å². The average Bonchev–Trinajstić information content (AvgIpc) is 2.70. The van der Waals surface area contributed by atoms with Crippen molar-refractivity contribution >= 4 is 17.3 Å². The van der Waals surface area contributed by atoms with Gasteiger partial charge >= 0.3 is 0 Å². The lowest BCUT2D eigenvalue weighted by Crippen LogP contribution is -3.19. The van der Waals surface area contributed by atoms with E-state index in [1.54, 1.807) is 7.11 Å². The van der Waals surface area contributed by atoms with E-state index in [4.69, 9.17) is 4.74 Å². The number of quaternary nitrogens is 1. The molecule has 0 bridgehead atoms. The summed E-state index contributed by atoms with van der Waals surface area (Å²) in [6, 6.07) is 11.0. The normalized spacial score (nSPS) is 16.1. The van der Waals surface area contributed by atoms with E-state index in [9.17, 15) is 13.6 Å². The Bertz CT molecular complexity index is 790. The fourth-order valence-corrected chi connectivity index (χ4v) is 3.29. The maximum absolute atomic E-state index is 13.3. The quantitative estimate of drug-likeness (QED) is 0.835. The number of carbonyl (C=O) groups excluding carboxylic acids is 1. The zero-order valence-electron chi connectivity index (χ0n) is 15.5. The number of carbonyl (C=O) groups is 1. The Hall–Kier alpha value is -2.67. The molecule has 1 heterocycles. The standard InChI is InChI=1S/C20H23F2N3O2/c1-14(20(26)23-15-3-8-18(21)19(22)13-15)24-9-11-25(12-10-24)16-4-6-17(27-2)7-5-16/h3-8,13-14H,9-12H2,1-2H3,(H,23,26)/p+1/t14-/m1/s1. The molecule has 2 aromatic carbocycles. The van der Waals surface area contributed by atoms with Gasteiger partial charge in [-0.1, -0.05) is 0 Å². The third-order valence-corrected chi connectivity index (χ3v) is 5.04. The van der Waals surface area contributed by atoms with Gasteiger partial charge in [0.05, 0.1) is 33.3 Å². The van der Waals surface area contributed by atoms with Gasteiger partial charge < -0.3 is 19.9 Å². The van der Waals surface area contributed by atoms with Crippen LogP contribution in [0.5, 0.6) is 5.75 Å². The summed E-state index contributed by atoms with van der Waals surface area (Å²) >= 11 is 0. The molecule has 2 aromatic rings. The summed E-state index contributed by atoms with van der Waals surface area (Å²) in [5.41, 5.74) is 1.40. The topological polar surface area (TPSA) is 46.0 Å². The number of nitrogens with zero attached hydrogens (tertiary/aromatic N) is 1. The predicted octanol–water partition coefficient (Wildman–Crippen LogP) is 1.71. The molecule has 1 aliphatic rings. The van der Waals surface area contributed by atoms with Crippen LogP contribution in [0.25, 0.3) is 0 Å². The number of benzene rings is 2. The smallest absolute Gasteiger partial charge is 0.282 e. The molecule has 1 saturated heterocycles. The van der Waals surface area contributed by atoms with Crippen molar-refractivity contribution in [2.75, 3.05) is 43.5 Å². The van der Waals surface area contributed by atoms with Crippen molar-refractivity contribution in [2.45, 2.75) is 13.0 Å². The Morgan fingerprint density at radius 3 is 2.37 bits per heavy atom. The van der Waals surface area contributed by atoms with Gasteiger partial charge in [0.25, 0.3) is 5.91 Å². The second-order valence-corrected chi connectivity index (χ2v) is 6.68. The van der Waals surface area contributed by atoms with Crippen LogP contribution in [0.4, 0.5) is 20.2 Å². The molecule has 1 aliphatic heterocycles. The first-order valence-corrected chi connectivity index (χ1v) is 8.97. The number of hydrogen-bond acceptors (Lipinski definition) is 3. The minimum absolute atomic E-state index is 0.200. The van der Waals surface area contributed by atoms with Crippen molar-refractivity contribution in [1.29, 1.82) is 0 Å². The number of anilines is 2. The van der Waals surface area contributed by atoms with Gasteiger partial charge in [0, 0.05) is 17.4 Å². The molecule has 3 rings (SSSR count). The van der Waals surface area contributed by atoms with Crippen LogP contribution in [0.3, 0.4) is 0 Å². The second-order valence-electron chi connectivity index (χ2n) is 6.68. The fraction of sp³-hybridized carbons (Fsp3) is 0.350. The minimum atomic E-state index is -0.971. The molecule has 0 spiro atoms. The molecule has 0 radical (unpaired) electrons. The Labute approximate surface area is 157 Å². The zero-order chi connectivity index (χ0) is 19.4. The predicted molar refractivity (Wildman–Crippen MR) is 100 cm³/mol. The number of nitrogens with one attached hydrogen (secondary N) is 2. The third kappa shape index (κ3) is 4.54. The van der Waals surface area contributed by atoms with E-state index in [0.29, 0.717) is 0 Å². The number of halogens is 2. The summed E-state index contributed by atoms with van der Waals surface area (Å²) < 4.78 is 31.5. The first-order chi connectivity index (χ1) is 13.0. The van der Waals surface area contributed by atoms with Crippen molar-refractivity contribution in [2.24, 2.45) is 0 Å². The highest BCUT2D eigenvalue weighted by Gasteiger charge is 2.29. The first kappa shape index (κ1) is 19.1. The fourth-order valence-electron chi connectivity index (χ4n) is 3.29. The van der Waals surface area contributed by atoms with Crippen LogP contribution in [-0.4, -0.2) is 45.2 Å². The van der Waals surface area contributed by atoms with Crippen LogP contribution in [0, 0.1) is 11.6 Å². The number of hydrogen-bond donors (Lipinski definition) is 2. The van der Waals surface area contributed by atoms with E-state index in [-0.39, 0.29) is 17.6 Å². The minimum Gasteiger partial charge on any atom is -0.497 e. The maximum atomic E-state index is 13.3. The highest BCUT2D eigenvalue weighted by molar-refractivity contribution is 5.93. The van der Waals surface area contributed by atoms with E-state index >= 15 is 0 Å². The van der Waals surface area contributed by atoms with Crippen molar-refractivity contribution in [1.82, 2.24) is 0 Å². The Morgan fingerprint density at radius 1 is 1.11 bits per heavy atom. The number of piperazine rings is 1. The molecule has 1 amide bonds. The van der Waals surface area contributed by atoms with Crippen LogP contribution in [0.2, 0.25) is 0 Å². The summed E-state index contributed by atoms with van der Waals surface area (Å²) in [5.74, 6) is -1.28. The lowest BCUT2D eigenvalue weighted by atomic mass is 10.2. The summed E-state index contributed by atoms with van der Waals surface area (Å²) in [5, 5.41) is 2.67. The van der Waals surface area contributed by atoms with Crippen LogP contribution in [0.1, 0.15) is 6.92 Å². The molecule has 1 atom stereocenters. The largest absolute Gasteiger partial charge is 0.497 e. The van der Waals surface area contributed by atoms with E-state index in [2.05, 4.69) is 10.2 Å². The summed E-state index contributed by atoms with van der Waals surface area (Å²) in [7, 11) is 1.64. The Balaban J connectivity index is 1.54. The molecule has 0 unspecified atom stereocenters. The number of amides is 1. The molecule has 27 heavy (non-hydrogen) atoms. The SMILES string of the molecule is COc1ccc(N2CC[NH+]([C@H](C)C(=O)Nc3ccc(F)c(F)c3)CC2)cc1. The maximum Gasteiger partial charge on any atom is 0.282 e. The summed E-state index contributed by atoms with van der Waals surface area (Å²) in [4.78, 5) is 15.9. The van der Waals surface area contributed by atoms with Gasteiger partial charge in [0.15, 0.2) is 17.7 Å². The molecular weight excluding hydrogens is 352 g/mol. The lowest BCUT2D eigenvalue weighted by molar-refractivity contribution is -0.914. The second kappa shape index (κ2) is 8.35. The molecular formula is C20H24F2N3O2+. The molecule has 0 saturated carbocycles. The monoisotopic (exact) mass is 376 g/mol. The van der Waals surface area contributed by atoms with E-state index < -0.39 is 11.6 Å². The molecule has 7 heteroatoms. The van der Waals surface area contributed by atoms with Gasteiger partial charge in [0.2, 0.25) is 0 Å². The van der Waals surface area contributed by atoms with Crippen LogP contribution >= 0.6 is 0 Å². The number of methoxy groups -OCH3 is 1. The van der Waals surface area contributed by atoms with Gasteiger partial charge in [-0.05, 0) is 43.3 Å². The van der Waals surface area contributed by atoms with Crippen LogP contribution < -0.4 is 19.9 Å². The highest BCUT2D eigenvalue weighted by Crippen LogP contribution is 2.19. The summed E-state index contributed by atoms with van der Waals surface area (Å²) in [6.45, 7) is 5.17. The van der Waals surface area contributed by atoms with E-state index in [1.807, 2.05) is 31.2 Å². The molecule has 0 aliphatic carbocycles. The van der Waals surface area contributed by atoms with Gasteiger partial charge in [-0.2, -0.15) is 0 Å². The van der Waals surface area contributed by atoms with Crippen molar-refractivity contribution in [3.8, 4) is 5.75 Å². The van der Waals surface area contributed by atoms with Crippen LogP contribution in [-0.2, 0) is 4.79 Å². The van der Waals surface area contributed by atoms with Gasteiger partial charge in [-0.15, -0.1) is 0 Å². The molecule has 1 fully saturated rings. The van der Waals surface area contributed by atoms with E-state index in [0.717, 1.165) is 49.7 Å². The number of rotatable bonds is 5. The highest BCUT2D eigenvalue weighted by atomic mass is 19.2.